The molecular weight excluding hydrogens is 302 g/mol. The van der Waals surface area contributed by atoms with Crippen molar-refractivity contribution in [2.75, 3.05) is 19.7 Å². The lowest BCUT2D eigenvalue weighted by Gasteiger charge is -2.31. The van der Waals surface area contributed by atoms with Crippen LogP contribution in [0.2, 0.25) is 0 Å². The molecule has 1 heterocycles. The van der Waals surface area contributed by atoms with Gasteiger partial charge in [-0.15, -0.1) is 0 Å². The molecule has 0 unspecified atom stereocenters. The van der Waals surface area contributed by atoms with Crippen LogP contribution in [0.3, 0.4) is 0 Å². The summed E-state index contributed by atoms with van der Waals surface area (Å²) in [5.41, 5.74) is 1.35. The number of nitrogens with zero attached hydrogens (tertiary/aromatic N) is 2. The molecule has 7 heteroatoms. The summed E-state index contributed by atoms with van der Waals surface area (Å²) in [6.45, 7) is 0.540. The predicted molar refractivity (Wildman–Crippen MR) is 87.6 cm³/mol. The van der Waals surface area contributed by atoms with Gasteiger partial charge in [0.25, 0.3) is 0 Å². The van der Waals surface area contributed by atoms with Crippen LogP contribution in [-0.4, -0.2) is 52.8 Å². The summed E-state index contributed by atoms with van der Waals surface area (Å²) in [5, 5.41) is 11.4. The van der Waals surface area contributed by atoms with Gasteiger partial charge in [-0.3, -0.25) is 19.5 Å². The van der Waals surface area contributed by atoms with E-state index < -0.39 is 11.8 Å². The van der Waals surface area contributed by atoms with Gasteiger partial charge < -0.3 is 10.4 Å². The van der Waals surface area contributed by atoms with E-state index in [0.29, 0.717) is 6.54 Å². The lowest BCUT2D eigenvalue weighted by atomic mass is 9.97. The van der Waals surface area contributed by atoms with Crippen molar-refractivity contribution in [1.82, 2.24) is 10.2 Å². The maximum Gasteiger partial charge on any atom is 0.246 e. The molecule has 1 aliphatic carbocycles. The van der Waals surface area contributed by atoms with Crippen molar-refractivity contribution in [3.63, 3.8) is 0 Å². The standard InChI is InChI=1S/C15H21N3O3S/c19-9-7-16-10-12-13(20)17-15(22)18(14(12)21)8-6-11-4-2-1-3-5-11/h4,10,12,19H,1-3,5-9H2,(H,17,20,22)/t12-/m1/s1. The highest BCUT2D eigenvalue weighted by Crippen LogP contribution is 2.21. The van der Waals surface area contributed by atoms with Gasteiger partial charge in [0.05, 0.1) is 13.2 Å². The Morgan fingerprint density at radius 2 is 2.27 bits per heavy atom. The van der Waals surface area contributed by atoms with Gasteiger partial charge >= 0.3 is 0 Å². The third kappa shape index (κ3) is 4.20. The van der Waals surface area contributed by atoms with Gasteiger partial charge in [0, 0.05) is 12.8 Å². The van der Waals surface area contributed by atoms with Crippen LogP contribution < -0.4 is 5.32 Å². The number of thiocarbonyl (C=S) groups is 1. The number of nitrogens with one attached hydrogen (secondary N) is 1. The van der Waals surface area contributed by atoms with Gasteiger partial charge in [-0.2, -0.15) is 0 Å². The summed E-state index contributed by atoms with van der Waals surface area (Å²) in [4.78, 5) is 29.6. The molecular formula is C15H21N3O3S. The van der Waals surface area contributed by atoms with Crippen LogP contribution in [0, 0.1) is 5.92 Å². The van der Waals surface area contributed by atoms with E-state index in [0.717, 1.165) is 19.3 Å². The first kappa shape index (κ1) is 16.8. The zero-order valence-corrected chi connectivity index (χ0v) is 13.3. The first-order valence-corrected chi connectivity index (χ1v) is 7.99. The van der Waals surface area contributed by atoms with Crippen LogP contribution in [-0.2, 0) is 9.59 Å². The maximum absolute atomic E-state index is 12.4. The fraction of sp³-hybridized carbons (Fsp3) is 0.600. The molecule has 0 aromatic carbocycles. The van der Waals surface area contributed by atoms with Gasteiger partial charge in [0.2, 0.25) is 11.8 Å². The summed E-state index contributed by atoms with van der Waals surface area (Å²) in [6.07, 6.45) is 8.90. The monoisotopic (exact) mass is 323 g/mol. The highest BCUT2D eigenvalue weighted by atomic mass is 32.1. The molecule has 2 rings (SSSR count). The number of allylic oxidation sites excluding steroid dienone is 1. The van der Waals surface area contributed by atoms with Crippen molar-refractivity contribution in [3.8, 4) is 0 Å². The van der Waals surface area contributed by atoms with E-state index >= 15 is 0 Å². The number of aliphatic imine (C=N–C) groups is 1. The summed E-state index contributed by atoms with van der Waals surface area (Å²) >= 11 is 5.11. The average molecular weight is 323 g/mol. The smallest absolute Gasteiger partial charge is 0.246 e. The van der Waals surface area contributed by atoms with Gasteiger partial charge in [0.15, 0.2) is 11.0 Å². The molecule has 2 N–H and O–H groups in total. The molecule has 1 fully saturated rings. The Hall–Kier alpha value is -1.60. The van der Waals surface area contributed by atoms with Crippen LogP contribution in [0.1, 0.15) is 32.1 Å². The zero-order chi connectivity index (χ0) is 15.9. The van der Waals surface area contributed by atoms with Crippen molar-refractivity contribution in [2.24, 2.45) is 10.9 Å². The second-order valence-corrected chi connectivity index (χ2v) is 5.79. The minimum Gasteiger partial charge on any atom is -0.394 e. The SMILES string of the molecule is O=C1NC(=S)N(CCC2=CCCCC2)C(=O)[C@@H]1C=NCCO. The minimum atomic E-state index is -0.960. The topological polar surface area (TPSA) is 82.0 Å². The van der Waals surface area contributed by atoms with E-state index in [1.807, 2.05) is 0 Å². The second kappa shape index (κ2) is 8.14. The number of aliphatic hydroxyl groups is 1. The van der Waals surface area contributed by atoms with Gasteiger partial charge in [-0.25, -0.2) is 0 Å². The fourth-order valence-corrected chi connectivity index (χ4v) is 2.88. The lowest BCUT2D eigenvalue weighted by molar-refractivity contribution is -0.137. The largest absolute Gasteiger partial charge is 0.394 e. The molecule has 1 atom stereocenters. The minimum absolute atomic E-state index is 0.116. The Labute approximate surface area is 135 Å². The van der Waals surface area contributed by atoms with Crippen LogP contribution in [0.4, 0.5) is 0 Å². The Balaban J connectivity index is 1.99. The Kier molecular flexibility index (Phi) is 6.21. The number of rotatable bonds is 6. The molecule has 2 aliphatic rings. The Morgan fingerprint density at radius 3 is 2.95 bits per heavy atom. The second-order valence-electron chi connectivity index (χ2n) is 5.40. The summed E-state index contributed by atoms with van der Waals surface area (Å²) in [7, 11) is 0. The van der Waals surface area contributed by atoms with Crippen LogP contribution in [0.5, 0.6) is 0 Å². The molecule has 0 aromatic rings. The number of amides is 2. The van der Waals surface area contributed by atoms with Crippen molar-refractivity contribution in [3.05, 3.63) is 11.6 Å². The number of hydrogen-bond acceptors (Lipinski definition) is 5. The third-order valence-electron chi connectivity index (χ3n) is 3.81. The van der Waals surface area contributed by atoms with Crippen LogP contribution in [0.25, 0.3) is 0 Å². The molecule has 2 amide bonds. The quantitative estimate of drug-likeness (QED) is 0.328. The first-order chi connectivity index (χ1) is 10.6. The molecule has 120 valence electrons. The molecule has 6 nitrogen and oxygen atoms in total. The van der Waals surface area contributed by atoms with Crippen LogP contribution >= 0.6 is 12.2 Å². The van der Waals surface area contributed by atoms with E-state index in [1.54, 1.807) is 0 Å². The maximum atomic E-state index is 12.4. The van der Waals surface area contributed by atoms with E-state index in [2.05, 4.69) is 16.4 Å². The number of aliphatic hydroxyl groups excluding tert-OH is 1. The highest BCUT2D eigenvalue weighted by Gasteiger charge is 2.37. The molecule has 0 radical (unpaired) electrons. The Bertz CT molecular complexity index is 516. The normalized spacial score (nSPS) is 23.0. The fourth-order valence-electron chi connectivity index (χ4n) is 2.60. The first-order valence-electron chi connectivity index (χ1n) is 7.58. The van der Waals surface area contributed by atoms with Crippen molar-refractivity contribution < 1.29 is 14.7 Å². The summed E-state index contributed by atoms with van der Waals surface area (Å²) < 4.78 is 0. The molecule has 1 aliphatic heterocycles. The van der Waals surface area contributed by atoms with E-state index in [9.17, 15) is 9.59 Å². The van der Waals surface area contributed by atoms with E-state index in [-0.39, 0.29) is 24.2 Å². The van der Waals surface area contributed by atoms with Gasteiger partial charge in [-0.1, -0.05) is 11.6 Å². The molecule has 1 saturated heterocycles. The number of carbonyl (C=O) groups is 2. The average Bonchev–Trinajstić information content (AvgIpc) is 2.51. The van der Waals surface area contributed by atoms with Gasteiger partial charge in [-0.05, 0) is 44.3 Å². The molecule has 22 heavy (non-hydrogen) atoms. The molecule has 0 aromatic heterocycles. The molecule has 0 bridgehead atoms. The summed E-state index contributed by atoms with van der Waals surface area (Å²) in [6, 6.07) is 0. The number of hydrogen-bond donors (Lipinski definition) is 2. The highest BCUT2D eigenvalue weighted by molar-refractivity contribution is 7.80. The van der Waals surface area contributed by atoms with Gasteiger partial charge in [0.1, 0.15) is 0 Å². The van der Waals surface area contributed by atoms with E-state index in [4.69, 9.17) is 17.3 Å². The summed E-state index contributed by atoms with van der Waals surface area (Å²) in [5.74, 6) is -1.75. The van der Waals surface area contributed by atoms with Crippen LogP contribution in [0.15, 0.2) is 16.6 Å². The Morgan fingerprint density at radius 1 is 1.45 bits per heavy atom. The van der Waals surface area contributed by atoms with Crippen molar-refractivity contribution >= 4 is 35.4 Å². The van der Waals surface area contributed by atoms with Crippen molar-refractivity contribution in [1.29, 1.82) is 0 Å². The third-order valence-corrected chi connectivity index (χ3v) is 4.14. The lowest BCUT2D eigenvalue weighted by Crippen LogP contribution is -2.58. The van der Waals surface area contributed by atoms with E-state index in [1.165, 1.54) is 29.5 Å². The molecule has 0 spiro atoms. The molecule has 0 saturated carbocycles. The van der Waals surface area contributed by atoms with Crippen molar-refractivity contribution in [2.45, 2.75) is 32.1 Å². The predicted octanol–water partition coefficient (Wildman–Crippen LogP) is 0.799. The zero-order valence-electron chi connectivity index (χ0n) is 12.5. The number of carbonyl (C=O) groups excluding carboxylic acids is 2.